The number of hydrogen-bond acceptors (Lipinski definition) is 3. The molecule has 1 unspecified atom stereocenters. The fraction of sp³-hybridized carbons (Fsp3) is 0.417. The zero-order valence-corrected chi connectivity index (χ0v) is 9.92. The predicted octanol–water partition coefficient (Wildman–Crippen LogP) is 2.02. The Morgan fingerprint density at radius 2 is 2.24 bits per heavy atom. The average Bonchev–Trinajstić information content (AvgIpc) is 2.71. The first-order valence-corrected chi connectivity index (χ1v) is 5.68. The maximum atomic E-state index is 10.9. The van der Waals surface area contributed by atoms with E-state index in [1.807, 2.05) is 0 Å². The van der Waals surface area contributed by atoms with Crippen molar-refractivity contribution < 1.29 is 9.90 Å². The van der Waals surface area contributed by atoms with Gasteiger partial charge in [-0.15, -0.1) is 10.2 Å². The molecule has 0 aliphatic heterocycles. The van der Waals surface area contributed by atoms with Crippen LogP contribution in [0.4, 0.5) is 0 Å². The van der Waals surface area contributed by atoms with Crippen molar-refractivity contribution in [2.75, 3.05) is 0 Å². The summed E-state index contributed by atoms with van der Waals surface area (Å²) < 4.78 is 1.76. The fourth-order valence-corrected chi connectivity index (χ4v) is 1.66. The number of nitrogens with zero attached hydrogens (tertiary/aromatic N) is 3. The highest BCUT2D eigenvalue weighted by Gasteiger charge is 2.11. The number of pyridine rings is 1. The maximum absolute atomic E-state index is 10.9. The second kappa shape index (κ2) is 4.53. The third-order valence-electron chi connectivity index (χ3n) is 2.95. The van der Waals surface area contributed by atoms with Crippen molar-refractivity contribution >= 4 is 11.6 Å². The first-order chi connectivity index (χ1) is 8.11. The molecule has 0 saturated heterocycles. The summed E-state index contributed by atoms with van der Waals surface area (Å²) in [4.78, 5) is 10.9. The molecule has 0 fully saturated rings. The second-order valence-corrected chi connectivity index (χ2v) is 4.28. The van der Waals surface area contributed by atoms with Crippen LogP contribution in [0.1, 0.15) is 36.5 Å². The van der Waals surface area contributed by atoms with E-state index in [-0.39, 0.29) is 5.56 Å². The lowest BCUT2D eigenvalue weighted by atomic mass is 10.1. The molecule has 0 radical (unpaired) electrons. The van der Waals surface area contributed by atoms with Gasteiger partial charge in [-0.1, -0.05) is 20.3 Å². The minimum absolute atomic E-state index is 0.253. The summed E-state index contributed by atoms with van der Waals surface area (Å²) in [5.74, 6) is 0.392. The van der Waals surface area contributed by atoms with Crippen LogP contribution < -0.4 is 0 Å². The van der Waals surface area contributed by atoms with Gasteiger partial charge in [0.25, 0.3) is 0 Å². The molecule has 1 N–H and O–H groups in total. The van der Waals surface area contributed by atoms with Crippen molar-refractivity contribution in [3.05, 3.63) is 29.7 Å². The summed E-state index contributed by atoms with van der Waals surface area (Å²) >= 11 is 0. The molecule has 0 saturated carbocycles. The van der Waals surface area contributed by atoms with Crippen molar-refractivity contribution in [2.45, 2.75) is 26.7 Å². The Morgan fingerprint density at radius 3 is 2.88 bits per heavy atom. The number of aromatic nitrogens is 3. The summed E-state index contributed by atoms with van der Waals surface area (Å²) in [6.07, 6.45) is 3.45. The Bertz CT molecular complexity index is 548. The molecule has 2 aromatic rings. The molecule has 17 heavy (non-hydrogen) atoms. The van der Waals surface area contributed by atoms with E-state index < -0.39 is 5.97 Å². The third kappa shape index (κ3) is 2.27. The zero-order valence-electron chi connectivity index (χ0n) is 9.92. The van der Waals surface area contributed by atoms with E-state index in [0.717, 1.165) is 18.7 Å². The first kappa shape index (κ1) is 11.6. The normalized spacial score (nSPS) is 12.8. The van der Waals surface area contributed by atoms with Gasteiger partial charge in [0.05, 0.1) is 5.56 Å². The number of aromatic carboxylic acids is 1. The molecule has 5 nitrogen and oxygen atoms in total. The Balaban J connectivity index is 2.43. The topological polar surface area (TPSA) is 67.5 Å². The van der Waals surface area contributed by atoms with E-state index in [1.54, 1.807) is 22.7 Å². The van der Waals surface area contributed by atoms with Crippen LogP contribution in [-0.4, -0.2) is 25.7 Å². The maximum Gasteiger partial charge on any atom is 0.337 e. The van der Waals surface area contributed by atoms with Crippen LogP contribution in [0.2, 0.25) is 0 Å². The minimum Gasteiger partial charge on any atom is -0.478 e. The predicted molar refractivity (Wildman–Crippen MR) is 63.1 cm³/mol. The lowest BCUT2D eigenvalue weighted by Crippen LogP contribution is -2.05. The monoisotopic (exact) mass is 233 g/mol. The van der Waals surface area contributed by atoms with Gasteiger partial charge in [-0.05, 0) is 18.1 Å². The van der Waals surface area contributed by atoms with Crippen LogP contribution in [-0.2, 0) is 6.42 Å². The van der Waals surface area contributed by atoms with Gasteiger partial charge < -0.3 is 5.11 Å². The van der Waals surface area contributed by atoms with Gasteiger partial charge in [0.1, 0.15) is 5.82 Å². The Hall–Kier alpha value is -1.91. The van der Waals surface area contributed by atoms with E-state index >= 15 is 0 Å². The molecule has 0 amide bonds. The SMILES string of the molecule is CCC(C)Cc1nnc2ccc(C(=O)O)cn12. The minimum atomic E-state index is -0.935. The number of hydrogen-bond donors (Lipinski definition) is 1. The van der Waals surface area contributed by atoms with Crippen LogP contribution in [0, 0.1) is 5.92 Å². The lowest BCUT2D eigenvalue weighted by molar-refractivity contribution is 0.0696. The fourth-order valence-electron chi connectivity index (χ4n) is 1.66. The number of carboxylic acids is 1. The van der Waals surface area contributed by atoms with E-state index in [0.29, 0.717) is 11.6 Å². The van der Waals surface area contributed by atoms with Crippen molar-refractivity contribution in [3.8, 4) is 0 Å². The van der Waals surface area contributed by atoms with Gasteiger partial charge in [0, 0.05) is 12.6 Å². The molecule has 0 spiro atoms. The quantitative estimate of drug-likeness (QED) is 0.877. The Morgan fingerprint density at radius 1 is 1.47 bits per heavy atom. The molecule has 0 aliphatic carbocycles. The van der Waals surface area contributed by atoms with Gasteiger partial charge >= 0.3 is 5.97 Å². The van der Waals surface area contributed by atoms with Gasteiger partial charge in [-0.3, -0.25) is 4.40 Å². The summed E-state index contributed by atoms with van der Waals surface area (Å²) in [5, 5.41) is 17.1. The third-order valence-corrected chi connectivity index (χ3v) is 2.95. The molecule has 1 atom stereocenters. The van der Waals surface area contributed by atoms with E-state index in [1.165, 1.54) is 0 Å². The van der Waals surface area contributed by atoms with Gasteiger partial charge in [0.15, 0.2) is 5.65 Å². The second-order valence-electron chi connectivity index (χ2n) is 4.28. The van der Waals surface area contributed by atoms with E-state index in [4.69, 9.17) is 5.11 Å². The smallest absolute Gasteiger partial charge is 0.337 e. The summed E-state index contributed by atoms with van der Waals surface area (Å²) in [5.41, 5.74) is 0.941. The molecule has 90 valence electrons. The number of carbonyl (C=O) groups is 1. The molecule has 2 heterocycles. The molecular formula is C12H15N3O2. The van der Waals surface area contributed by atoms with Crippen molar-refractivity contribution in [1.82, 2.24) is 14.6 Å². The molecule has 2 aromatic heterocycles. The largest absolute Gasteiger partial charge is 0.478 e. The van der Waals surface area contributed by atoms with Gasteiger partial charge in [0.2, 0.25) is 0 Å². The average molecular weight is 233 g/mol. The summed E-state index contributed by atoms with van der Waals surface area (Å²) in [7, 11) is 0. The summed E-state index contributed by atoms with van der Waals surface area (Å²) in [6.45, 7) is 4.26. The Labute approximate surface area is 99.1 Å². The van der Waals surface area contributed by atoms with Crippen LogP contribution >= 0.6 is 0 Å². The standard InChI is InChI=1S/C12H15N3O2/c1-3-8(2)6-11-14-13-10-5-4-9(12(16)17)7-15(10)11/h4-5,7-8H,3,6H2,1-2H3,(H,16,17). The van der Waals surface area contributed by atoms with Crippen molar-refractivity contribution in [2.24, 2.45) is 5.92 Å². The van der Waals surface area contributed by atoms with E-state index in [2.05, 4.69) is 24.0 Å². The lowest BCUT2D eigenvalue weighted by Gasteiger charge is -2.06. The molecule has 0 aromatic carbocycles. The van der Waals surface area contributed by atoms with Crippen LogP contribution in [0.25, 0.3) is 5.65 Å². The number of fused-ring (bicyclic) bond motifs is 1. The van der Waals surface area contributed by atoms with Crippen LogP contribution in [0.15, 0.2) is 18.3 Å². The van der Waals surface area contributed by atoms with Gasteiger partial charge in [-0.25, -0.2) is 4.79 Å². The molecule has 5 heteroatoms. The van der Waals surface area contributed by atoms with Crippen LogP contribution in [0.5, 0.6) is 0 Å². The first-order valence-electron chi connectivity index (χ1n) is 5.68. The molecular weight excluding hydrogens is 218 g/mol. The van der Waals surface area contributed by atoms with Gasteiger partial charge in [-0.2, -0.15) is 0 Å². The highest BCUT2D eigenvalue weighted by Crippen LogP contribution is 2.12. The molecule has 0 bridgehead atoms. The Kier molecular flexibility index (Phi) is 3.08. The number of rotatable bonds is 4. The molecule has 2 rings (SSSR count). The number of carboxylic acid groups (broad SMARTS) is 1. The van der Waals surface area contributed by atoms with Crippen LogP contribution in [0.3, 0.4) is 0 Å². The highest BCUT2D eigenvalue weighted by atomic mass is 16.4. The van der Waals surface area contributed by atoms with Crippen molar-refractivity contribution in [1.29, 1.82) is 0 Å². The van der Waals surface area contributed by atoms with Crippen molar-refractivity contribution in [3.63, 3.8) is 0 Å². The highest BCUT2D eigenvalue weighted by molar-refractivity contribution is 5.87. The summed E-state index contributed by atoms with van der Waals surface area (Å²) in [6, 6.07) is 3.22. The van der Waals surface area contributed by atoms with E-state index in [9.17, 15) is 4.79 Å². The zero-order chi connectivity index (χ0) is 12.4. The molecule has 0 aliphatic rings.